The molecule has 4 rings (SSSR count). The lowest BCUT2D eigenvalue weighted by Gasteiger charge is -2.34. The SMILES string of the molecule is Cc1c(N2CCC(Oc3ccc(Cl)cc3)CC2)nn2c(=O)ccnc2c1C. The van der Waals surface area contributed by atoms with Crippen LogP contribution in [0.3, 0.4) is 0 Å². The van der Waals surface area contributed by atoms with E-state index in [1.807, 2.05) is 38.1 Å². The van der Waals surface area contributed by atoms with Crippen LogP contribution in [-0.4, -0.2) is 33.8 Å². The highest BCUT2D eigenvalue weighted by molar-refractivity contribution is 6.30. The molecule has 0 radical (unpaired) electrons. The van der Waals surface area contributed by atoms with Gasteiger partial charge in [0.15, 0.2) is 11.5 Å². The Labute approximate surface area is 162 Å². The predicted molar refractivity (Wildman–Crippen MR) is 106 cm³/mol. The highest BCUT2D eigenvalue weighted by Crippen LogP contribution is 2.27. The Bertz CT molecular complexity index is 1020. The molecule has 1 aromatic carbocycles. The van der Waals surface area contributed by atoms with Gasteiger partial charge < -0.3 is 9.64 Å². The Morgan fingerprint density at radius 2 is 1.78 bits per heavy atom. The van der Waals surface area contributed by atoms with E-state index in [2.05, 4.69) is 15.0 Å². The lowest BCUT2D eigenvalue weighted by atomic mass is 10.1. The van der Waals surface area contributed by atoms with Crippen molar-refractivity contribution in [1.29, 1.82) is 0 Å². The quantitative estimate of drug-likeness (QED) is 0.692. The standard InChI is InChI=1S/C20H21ClN4O2/c1-13-14(2)20(23-25-18(26)7-10-22-19(13)25)24-11-8-17(9-12-24)27-16-5-3-15(21)4-6-16/h3-7,10,17H,8-9,11-12H2,1-2H3. The third kappa shape index (κ3) is 3.49. The lowest BCUT2D eigenvalue weighted by Crippen LogP contribution is -2.39. The molecule has 0 aliphatic carbocycles. The van der Waals surface area contributed by atoms with Gasteiger partial charge in [-0.25, -0.2) is 4.98 Å². The summed E-state index contributed by atoms with van der Waals surface area (Å²) in [5, 5.41) is 5.29. The van der Waals surface area contributed by atoms with E-state index in [1.54, 1.807) is 0 Å². The molecule has 1 aliphatic heterocycles. The van der Waals surface area contributed by atoms with Gasteiger partial charge in [-0.15, -0.1) is 5.10 Å². The van der Waals surface area contributed by atoms with Gasteiger partial charge in [-0.1, -0.05) is 11.6 Å². The van der Waals surface area contributed by atoms with Crippen molar-refractivity contribution in [2.24, 2.45) is 0 Å². The van der Waals surface area contributed by atoms with E-state index in [1.165, 1.54) is 16.8 Å². The first-order valence-electron chi connectivity index (χ1n) is 9.05. The van der Waals surface area contributed by atoms with Crippen molar-refractivity contribution in [3.8, 4) is 5.75 Å². The molecule has 0 N–H and O–H groups in total. The molecule has 6 nitrogen and oxygen atoms in total. The van der Waals surface area contributed by atoms with Gasteiger partial charge in [-0.2, -0.15) is 4.52 Å². The average Bonchev–Trinajstić information content (AvgIpc) is 2.68. The number of hydrogen-bond acceptors (Lipinski definition) is 5. The molecule has 0 saturated carbocycles. The molecule has 0 unspecified atom stereocenters. The van der Waals surface area contributed by atoms with Crippen LogP contribution in [0.2, 0.25) is 5.02 Å². The van der Waals surface area contributed by atoms with Crippen LogP contribution in [0.25, 0.3) is 5.65 Å². The highest BCUT2D eigenvalue weighted by atomic mass is 35.5. The van der Waals surface area contributed by atoms with Crippen molar-refractivity contribution in [2.45, 2.75) is 32.8 Å². The number of anilines is 1. The molecule has 1 aliphatic rings. The number of piperidine rings is 1. The fourth-order valence-corrected chi connectivity index (χ4v) is 3.58. The second-order valence-corrected chi connectivity index (χ2v) is 7.29. The van der Waals surface area contributed by atoms with Gasteiger partial charge in [0.1, 0.15) is 11.9 Å². The second kappa shape index (κ2) is 7.19. The molecule has 7 heteroatoms. The summed E-state index contributed by atoms with van der Waals surface area (Å²) in [7, 11) is 0. The largest absolute Gasteiger partial charge is 0.490 e. The van der Waals surface area contributed by atoms with Gasteiger partial charge in [-0.05, 0) is 38.1 Å². The highest BCUT2D eigenvalue weighted by Gasteiger charge is 2.24. The minimum absolute atomic E-state index is 0.161. The third-order valence-electron chi connectivity index (χ3n) is 5.11. The summed E-state index contributed by atoms with van der Waals surface area (Å²) in [6.07, 6.45) is 3.48. The van der Waals surface area contributed by atoms with Crippen LogP contribution >= 0.6 is 11.6 Å². The first-order valence-corrected chi connectivity index (χ1v) is 9.43. The normalized spacial score (nSPS) is 15.3. The zero-order valence-corrected chi connectivity index (χ0v) is 16.1. The van der Waals surface area contributed by atoms with E-state index in [0.29, 0.717) is 10.7 Å². The monoisotopic (exact) mass is 384 g/mol. The molecule has 0 bridgehead atoms. The number of hydrogen-bond donors (Lipinski definition) is 0. The van der Waals surface area contributed by atoms with Crippen molar-refractivity contribution < 1.29 is 4.74 Å². The van der Waals surface area contributed by atoms with E-state index in [-0.39, 0.29) is 11.7 Å². The van der Waals surface area contributed by atoms with E-state index < -0.39 is 0 Å². The number of nitrogens with zero attached hydrogens (tertiary/aromatic N) is 4. The van der Waals surface area contributed by atoms with Crippen molar-refractivity contribution in [3.05, 3.63) is 63.0 Å². The molecule has 0 amide bonds. The van der Waals surface area contributed by atoms with Gasteiger partial charge in [-0.3, -0.25) is 4.79 Å². The maximum absolute atomic E-state index is 12.2. The molecule has 0 spiro atoms. The average molecular weight is 385 g/mol. The summed E-state index contributed by atoms with van der Waals surface area (Å²) in [4.78, 5) is 18.7. The Hall–Kier alpha value is -2.60. The topological polar surface area (TPSA) is 59.7 Å². The predicted octanol–water partition coefficient (Wildman–Crippen LogP) is 3.41. The van der Waals surface area contributed by atoms with Crippen LogP contribution in [0.5, 0.6) is 5.75 Å². The molecule has 1 fully saturated rings. The number of aryl methyl sites for hydroxylation is 1. The van der Waals surface area contributed by atoms with Crippen LogP contribution in [0.4, 0.5) is 5.82 Å². The second-order valence-electron chi connectivity index (χ2n) is 6.85. The third-order valence-corrected chi connectivity index (χ3v) is 5.36. The van der Waals surface area contributed by atoms with Crippen molar-refractivity contribution in [1.82, 2.24) is 14.6 Å². The van der Waals surface area contributed by atoms with Gasteiger partial charge >= 0.3 is 0 Å². The Morgan fingerprint density at radius 1 is 1.07 bits per heavy atom. The molecule has 3 aromatic rings. The number of benzene rings is 1. The number of ether oxygens (including phenoxy) is 1. The summed E-state index contributed by atoms with van der Waals surface area (Å²) in [6.45, 7) is 5.67. The van der Waals surface area contributed by atoms with Gasteiger partial charge in [0.25, 0.3) is 5.56 Å². The zero-order valence-electron chi connectivity index (χ0n) is 15.4. The van der Waals surface area contributed by atoms with Gasteiger partial charge in [0.2, 0.25) is 0 Å². The number of halogens is 1. The van der Waals surface area contributed by atoms with E-state index >= 15 is 0 Å². The van der Waals surface area contributed by atoms with E-state index in [0.717, 1.165) is 48.6 Å². The van der Waals surface area contributed by atoms with Crippen LogP contribution < -0.4 is 15.2 Å². The number of rotatable bonds is 3. The fraction of sp³-hybridized carbons (Fsp3) is 0.350. The molecular weight excluding hydrogens is 364 g/mol. The van der Waals surface area contributed by atoms with Gasteiger partial charge in [0, 0.05) is 54.3 Å². The lowest BCUT2D eigenvalue weighted by molar-refractivity contribution is 0.170. The summed E-state index contributed by atoms with van der Waals surface area (Å²) >= 11 is 5.92. The van der Waals surface area contributed by atoms with E-state index in [4.69, 9.17) is 16.3 Å². The zero-order chi connectivity index (χ0) is 19.0. The molecule has 27 heavy (non-hydrogen) atoms. The van der Waals surface area contributed by atoms with Crippen LogP contribution in [0, 0.1) is 13.8 Å². The smallest absolute Gasteiger partial charge is 0.274 e. The minimum Gasteiger partial charge on any atom is -0.490 e. The minimum atomic E-state index is -0.162. The number of fused-ring (bicyclic) bond motifs is 1. The summed E-state index contributed by atoms with van der Waals surface area (Å²) in [5.74, 6) is 1.69. The van der Waals surface area contributed by atoms with Crippen LogP contribution in [0.15, 0.2) is 41.3 Å². The molecule has 2 aromatic heterocycles. The Balaban J connectivity index is 1.52. The maximum atomic E-state index is 12.2. The molecular formula is C20H21ClN4O2. The summed E-state index contributed by atoms with van der Waals surface area (Å²) < 4.78 is 7.46. The van der Waals surface area contributed by atoms with Crippen LogP contribution in [0.1, 0.15) is 24.0 Å². The summed E-state index contributed by atoms with van der Waals surface area (Å²) in [6, 6.07) is 8.90. The van der Waals surface area contributed by atoms with Crippen molar-refractivity contribution in [3.63, 3.8) is 0 Å². The Kier molecular flexibility index (Phi) is 4.74. The molecule has 140 valence electrons. The van der Waals surface area contributed by atoms with E-state index in [9.17, 15) is 4.79 Å². The summed E-state index contributed by atoms with van der Waals surface area (Å²) in [5.41, 5.74) is 2.50. The van der Waals surface area contributed by atoms with Crippen LogP contribution in [-0.2, 0) is 0 Å². The molecule has 1 saturated heterocycles. The van der Waals surface area contributed by atoms with Crippen molar-refractivity contribution >= 4 is 23.1 Å². The first-order chi connectivity index (χ1) is 13.0. The fourth-order valence-electron chi connectivity index (χ4n) is 3.45. The molecule has 0 atom stereocenters. The number of aromatic nitrogens is 3. The van der Waals surface area contributed by atoms with Crippen molar-refractivity contribution in [2.75, 3.05) is 18.0 Å². The Morgan fingerprint density at radius 3 is 2.48 bits per heavy atom. The van der Waals surface area contributed by atoms with Gasteiger partial charge in [0.05, 0.1) is 0 Å². The maximum Gasteiger partial charge on any atom is 0.274 e. The molecule has 3 heterocycles. The first kappa shape index (κ1) is 17.8.